The van der Waals surface area contributed by atoms with Crippen molar-refractivity contribution in [3.8, 4) is 0 Å². The van der Waals surface area contributed by atoms with Gasteiger partial charge in [-0.15, -0.1) is 0 Å². The molecule has 0 aliphatic rings. The smallest absolute Gasteiger partial charge is 0.191 e. The molecule has 1 heterocycles. The minimum absolute atomic E-state index is 0.211. The first kappa shape index (κ1) is 21.6. The number of benzene rings is 2. The molecule has 2 aromatic carbocycles. The molecule has 0 unspecified atom stereocenters. The largest absolute Gasteiger partial charge is 0.357 e. The van der Waals surface area contributed by atoms with Crippen molar-refractivity contribution in [2.24, 2.45) is 4.99 Å². The predicted molar refractivity (Wildman–Crippen MR) is 120 cm³/mol. The summed E-state index contributed by atoms with van der Waals surface area (Å²) in [5.41, 5.74) is 3.10. The number of hydrogen-bond donors (Lipinski definition) is 2. The van der Waals surface area contributed by atoms with Crippen LogP contribution in [-0.4, -0.2) is 28.6 Å². The van der Waals surface area contributed by atoms with E-state index in [0.717, 1.165) is 30.2 Å². The summed E-state index contributed by atoms with van der Waals surface area (Å²) in [5.74, 6) is 0.544. The maximum atomic E-state index is 13.6. The van der Waals surface area contributed by atoms with E-state index in [0.29, 0.717) is 13.1 Å². The average molecular weight is 408 g/mol. The average Bonchev–Trinajstić information content (AvgIpc) is 3.24. The number of nitrogens with one attached hydrogen (secondary N) is 2. The third-order valence-electron chi connectivity index (χ3n) is 5.02. The molecule has 0 saturated heterocycles. The van der Waals surface area contributed by atoms with E-state index >= 15 is 0 Å². The van der Waals surface area contributed by atoms with Gasteiger partial charge in [0.1, 0.15) is 5.82 Å². The zero-order chi connectivity index (χ0) is 21.4. The molecule has 0 bridgehead atoms. The highest BCUT2D eigenvalue weighted by Gasteiger charge is 2.21. The lowest BCUT2D eigenvalue weighted by Crippen LogP contribution is -2.43. The Morgan fingerprint density at radius 3 is 2.53 bits per heavy atom. The van der Waals surface area contributed by atoms with Gasteiger partial charge in [-0.2, -0.15) is 0 Å². The molecule has 158 valence electrons. The Bertz CT molecular complexity index is 946. The molecule has 0 spiro atoms. The van der Waals surface area contributed by atoms with Crippen molar-refractivity contribution >= 4 is 5.96 Å². The standard InChI is InChI=1S/C24H30FN5/c1-4-27-23(29-17-24(2,3)21-6-5-7-22(25)14-21)28-15-19-8-10-20(11-9-19)16-30-13-12-26-18-30/h5-14,18H,4,15-17H2,1-3H3,(H2,27,28,29). The van der Waals surface area contributed by atoms with Crippen molar-refractivity contribution in [3.63, 3.8) is 0 Å². The second-order valence-electron chi connectivity index (χ2n) is 7.99. The molecule has 1 aromatic heterocycles. The predicted octanol–water partition coefficient (Wildman–Crippen LogP) is 4.10. The molecule has 6 heteroatoms. The second kappa shape index (κ2) is 10.1. The highest BCUT2D eigenvalue weighted by Crippen LogP contribution is 2.22. The molecule has 0 fully saturated rings. The fraction of sp³-hybridized carbons (Fsp3) is 0.333. The third kappa shape index (κ3) is 6.17. The van der Waals surface area contributed by atoms with Crippen molar-refractivity contribution in [3.05, 3.63) is 89.8 Å². The molecule has 2 N–H and O–H groups in total. The van der Waals surface area contributed by atoms with Crippen molar-refractivity contribution in [2.75, 3.05) is 13.1 Å². The van der Waals surface area contributed by atoms with Gasteiger partial charge in [-0.25, -0.2) is 14.4 Å². The summed E-state index contributed by atoms with van der Waals surface area (Å²) in [6.07, 6.45) is 5.56. The third-order valence-corrected chi connectivity index (χ3v) is 5.02. The fourth-order valence-electron chi connectivity index (χ4n) is 3.17. The lowest BCUT2D eigenvalue weighted by atomic mass is 9.84. The van der Waals surface area contributed by atoms with E-state index in [1.165, 1.54) is 11.6 Å². The van der Waals surface area contributed by atoms with Crippen molar-refractivity contribution in [1.82, 2.24) is 20.2 Å². The van der Waals surface area contributed by atoms with Crippen LogP contribution in [0.15, 0.2) is 72.2 Å². The molecule has 0 atom stereocenters. The van der Waals surface area contributed by atoms with E-state index in [2.05, 4.69) is 53.7 Å². The number of rotatable bonds is 8. The van der Waals surface area contributed by atoms with Crippen molar-refractivity contribution in [2.45, 2.75) is 39.3 Å². The second-order valence-corrected chi connectivity index (χ2v) is 7.99. The molecular formula is C24H30FN5. The van der Waals surface area contributed by atoms with Crippen LogP contribution in [0.4, 0.5) is 4.39 Å². The lowest BCUT2D eigenvalue weighted by molar-refractivity contribution is 0.503. The van der Waals surface area contributed by atoms with Crippen LogP contribution in [0, 0.1) is 5.82 Å². The molecule has 3 aromatic rings. The summed E-state index contributed by atoms with van der Waals surface area (Å²) in [5, 5.41) is 6.68. The Morgan fingerprint density at radius 2 is 1.87 bits per heavy atom. The summed E-state index contributed by atoms with van der Waals surface area (Å²) in [4.78, 5) is 8.78. The normalized spacial score (nSPS) is 12.1. The Hall–Kier alpha value is -3.15. The van der Waals surface area contributed by atoms with Gasteiger partial charge >= 0.3 is 0 Å². The zero-order valence-corrected chi connectivity index (χ0v) is 17.9. The van der Waals surface area contributed by atoms with Crippen LogP contribution in [0.3, 0.4) is 0 Å². The minimum atomic E-state index is -0.229. The van der Waals surface area contributed by atoms with E-state index in [-0.39, 0.29) is 11.2 Å². The summed E-state index contributed by atoms with van der Waals surface area (Å²) in [6, 6.07) is 15.2. The topological polar surface area (TPSA) is 54.2 Å². The highest BCUT2D eigenvalue weighted by molar-refractivity contribution is 5.79. The Morgan fingerprint density at radius 1 is 1.10 bits per heavy atom. The number of hydrogen-bond acceptors (Lipinski definition) is 2. The Labute approximate surface area is 178 Å². The van der Waals surface area contributed by atoms with Crippen LogP contribution in [-0.2, 0) is 18.5 Å². The van der Waals surface area contributed by atoms with Gasteiger partial charge in [0, 0.05) is 37.4 Å². The van der Waals surface area contributed by atoms with Gasteiger partial charge in [-0.05, 0) is 35.7 Å². The van der Waals surface area contributed by atoms with Crippen LogP contribution < -0.4 is 10.6 Å². The molecule has 0 amide bonds. The monoisotopic (exact) mass is 407 g/mol. The SMILES string of the molecule is CCNC(=NCc1ccc(Cn2ccnc2)cc1)NCC(C)(C)c1cccc(F)c1. The van der Waals surface area contributed by atoms with Crippen LogP contribution in [0.5, 0.6) is 0 Å². The van der Waals surface area contributed by atoms with E-state index < -0.39 is 0 Å². The Kier molecular flexibility index (Phi) is 7.22. The zero-order valence-electron chi connectivity index (χ0n) is 17.9. The number of aromatic nitrogens is 2. The maximum Gasteiger partial charge on any atom is 0.191 e. The first-order chi connectivity index (χ1) is 14.5. The van der Waals surface area contributed by atoms with Gasteiger partial charge in [0.2, 0.25) is 0 Å². The highest BCUT2D eigenvalue weighted by atomic mass is 19.1. The van der Waals surface area contributed by atoms with Gasteiger partial charge in [0.25, 0.3) is 0 Å². The summed E-state index contributed by atoms with van der Waals surface area (Å²) < 4.78 is 15.6. The van der Waals surface area contributed by atoms with Crippen LogP contribution in [0.1, 0.15) is 37.5 Å². The van der Waals surface area contributed by atoms with Gasteiger partial charge < -0.3 is 15.2 Å². The first-order valence-electron chi connectivity index (χ1n) is 10.3. The van der Waals surface area contributed by atoms with Crippen molar-refractivity contribution in [1.29, 1.82) is 0 Å². The fourth-order valence-corrected chi connectivity index (χ4v) is 3.17. The summed E-state index contributed by atoms with van der Waals surface area (Å²) >= 11 is 0. The molecule has 30 heavy (non-hydrogen) atoms. The quantitative estimate of drug-likeness (QED) is 0.437. The molecule has 0 aliphatic heterocycles. The van der Waals surface area contributed by atoms with Crippen LogP contribution in [0.2, 0.25) is 0 Å². The maximum absolute atomic E-state index is 13.6. The van der Waals surface area contributed by atoms with E-state index in [9.17, 15) is 4.39 Å². The molecule has 0 radical (unpaired) electrons. The van der Waals surface area contributed by atoms with E-state index in [4.69, 9.17) is 4.99 Å². The minimum Gasteiger partial charge on any atom is -0.357 e. The Balaban J connectivity index is 1.60. The summed E-state index contributed by atoms with van der Waals surface area (Å²) in [6.45, 7) is 9.04. The van der Waals surface area contributed by atoms with E-state index in [1.807, 2.05) is 30.1 Å². The molecular weight excluding hydrogens is 377 g/mol. The number of aliphatic imine (C=N–C) groups is 1. The van der Waals surface area contributed by atoms with Gasteiger partial charge in [-0.3, -0.25) is 0 Å². The van der Waals surface area contributed by atoms with Crippen LogP contribution >= 0.6 is 0 Å². The van der Waals surface area contributed by atoms with Crippen molar-refractivity contribution < 1.29 is 4.39 Å². The molecule has 0 aliphatic carbocycles. The van der Waals surface area contributed by atoms with Crippen LogP contribution in [0.25, 0.3) is 0 Å². The molecule has 0 saturated carbocycles. The lowest BCUT2D eigenvalue weighted by Gasteiger charge is -2.27. The van der Waals surface area contributed by atoms with E-state index in [1.54, 1.807) is 18.3 Å². The summed E-state index contributed by atoms with van der Waals surface area (Å²) in [7, 11) is 0. The molecule has 5 nitrogen and oxygen atoms in total. The number of halogens is 1. The van der Waals surface area contributed by atoms with Gasteiger partial charge in [-0.1, -0.05) is 50.2 Å². The number of guanidine groups is 1. The van der Waals surface area contributed by atoms with Gasteiger partial charge in [0.05, 0.1) is 12.9 Å². The number of nitrogens with zero attached hydrogens (tertiary/aromatic N) is 3. The number of imidazole rings is 1. The van der Waals surface area contributed by atoms with Gasteiger partial charge in [0.15, 0.2) is 5.96 Å². The molecule has 3 rings (SSSR count). The first-order valence-corrected chi connectivity index (χ1v) is 10.3.